The summed E-state index contributed by atoms with van der Waals surface area (Å²) in [6.07, 6.45) is 23.2. The summed E-state index contributed by atoms with van der Waals surface area (Å²) in [5.74, 6) is 0.400. The van der Waals surface area contributed by atoms with Gasteiger partial charge in [-0.1, -0.05) is 88.6 Å². The molecule has 1 heterocycles. The number of ether oxygens (including phenoxy) is 1. The third-order valence-corrected chi connectivity index (χ3v) is 5.46. The molecular formula is C27H41MgNO2. The average Bonchev–Trinajstić information content (AvgIpc) is 2.76. The van der Waals surface area contributed by atoms with Crippen LogP contribution in [0.1, 0.15) is 99.7 Å². The molecule has 0 aliphatic rings. The summed E-state index contributed by atoms with van der Waals surface area (Å²) in [6.45, 7) is 2.27. The third-order valence-electron chi connectivity index (χ3n) is 5.46. The molecule has 1 aromatic heterocycles. The summed E-state index contributed by atoms with van der Waals surface area (Å²) in [5.41, 5.74) is 0.748. The number of nitrogens with zero attached hydrogens (tertiary/aromatic N) is 1. The van der Waals surface area contributed by atoms with Gasteiger partial charge in [-0.25, -0.2) is 0 Å². The van der Waals surface area contributed by atoms with Crippen LogP contribution in [0.4, 0.5) is 0 Å². The van der Waals surface area contributed by atoms with Gasteiger partial charge in [0.05, 0.1) is 0 Å². The number of aromatic nitrogens is 1. The molecule has 0 N–H and O–H groups in total. The van der Waals surface area contributed by atoms with Crippen LogP contribution in [0, 0.1) is 0 Å². The molecule has 0 aliphatic heterocycles. The van der Waals surface area contributed by atoms with Crippen molar-refractivity contribution >= 4 is 39.9 Å². The minimum absolute atomic E-state index is 0. The molecule has 2 aromatic rings. The number of esters is 1. The van der Waals surface area contributed by atoms with Crippen LogP contribution in [0.2, 0.25) is 0 Å². The van der Waals surface area contributed by atoms with Crippen LogP contribution in [-0.4, -0.2) is 34.0 Å². The van der Waals surface area contributed by atoms with Crippen molar-refractivity contribution in [3.05, 3.63) is 48.7 Å². The number of carbonyl (C=O) groups is 1. The summed E-state index contributed by atoms with van der Waals surface area (Å²) in [6, 6.07) is 9.55. The number of benzene rings is 1. The molecule has 0 saturated heterocycles. The zero-order valence-corrected chi connectivity index (χ0v) is 20.9. The van der Waals surface area contributed by atoms with Gasteiger partial charge in [0, 0.05) is 18.0 Å². The molecule has 0 fully saturated rings. The van der Waals surface area contributed by atoms with E-state index < -0.39 is 0 Å². The van der Waals surface area contributed by atoms with Gasteiger partial charge in [-0.15, -0.1) is 0 Å². The predicted molar refractivity (Wildman–Crippen MR) is 135 cm³/mol. The Labute approximate surface area is 208 Å². The van der Waals surface area contributed by atoms with E-state index >= 15 is 0 Å². The van der Waals surface area contributed by atoms with Gasteiger partial charge in [-0.2, -0.15) is 0 Å². The van der Waals surface area contributed by atoms with Gasteiger partial charge in [0.1, 0.15) is 5.52 Å². The van der Waals surface area contributed by atoms with Crippen molar-refractivity contribution in [2.75, 3.05) is 0 Å². The maximum atomic E-state index is 12.1. The summed E-state index contributed by atoms with van der Waals surface area (Å²) >= 11 is 0. The van der Waals surface area contributed by atoms with Crippen LogP contribution in [0.15, 0.2) is 48.7 Å². The molecule has 0 spiro atoms. The second-order valence-corrected chi connectivity index (χ2v) is 8.14. The minimum atomic E-state index is -0.161. The largest absolute Gasteiger partial charge is 2.00 e. The first-order chi connectivity index (χ1) is 14.8. The molecule has 1 aromatic carbocycles. The first-order valence-corrected chi connectivity index (χ1v) is 12.0. The second-order valence-electron chi connectivity index (χ2n) is 8.14. The third kappa shape index (κ3) is 12.3. The minimum Gasteiger partial charge on any atom is -1.00 e. The summed E-state index contributed by atoms with van der Waals surface area (Å²) < 4.78 is 5.54. The van der Waals surface area contributed by atoms with E-state index in [0.29, 0.717) is 12.2 Å². The van der Waals surface area contributed by atoms with Crippen molar-refractivity contribution in [1.29, 1.82) is 0 Å². The van der Waals surface area contributed by atoms with E-state index in [1.54, 1.807) is 6.20 Å². The number of pyridine rings is 1. The molecule has 0 amide bonds. The van der Waals surface area contributed by atoms with Crippen LogP contribution in [0.3, 0.4) is 0 Å². The van der Waals surface area contributed by atoms with Crippen molar-refractivity contribution in [1.82, 2.24) is 4.98 Å². The molecule has 0 bridgehead atoms. The van der Waals surface area contributed by atoms with Crippen LogP contribution in [-0.2, 0) is 4.79 Å². The molecule has 31 heavy (non-hydrogen) atoms. The van der Waals surface area contributed by atoms with Gasteiger partial charge in [0.25, 0.3) is 0 Å². The fourth-order valence-corrected chi connectivity index (χ4v) is 3.67. The molecule has 0 unspecified atom stereocenters. The first-order valence-electron chi connectivity index (χ1n) is 12.0. The van der Waals surface area contributed by atoms with Gasteiger partial charge in [0.15, 0.2) is 5.75 Å². The first kappa shape index (κ1) is 27.6. The van der Waals surface area contributed by atoms with E-state index in [-0.39, 0.29) is 31.9 Å². The van der Waals surface area contributed by atoms with Crippen molar-refractivity contribution < 1.29 is 12.4 Å². The molecule has 4 heteroatoms. The van der Waals surface area contributed by atoms with Gasteiger partial charge in [-0.05, 0) is 44.2 Å². The Morgan fingerprint density at radius 1 is 0.871 bits per heavy atom. The van der Waals surface area contributed by atoms with Crippen LogP contribution < -0.4 is 4.74 Å². The molecule has 0 atom stereocenters. The summed E-state index contributed by atoms with van der Waals surface area (Å²) in [4.78, 5) is 16.5. The van der Waals surface area contributed by atoms with E-state index in [2.05, 4.69) is 24.1 Å². The Morgan fingerprint density at radius 3 is 2.19 bits per heavy atom. The van der Waals surface area contributed by atoms with Crippen molar-refractivity contribution in [2.24, 2.45) is 0 Å². The number of carbonyl (C=O) groups excluding carboxylic acids is 1. The van der Waals surface area contributed by atoms with Gasteiger partial charge in [0.2, 0.25) is 0 Å². The van der Waals surface area contributed by atoms with Gasteiger partial charge in [-0.3, -0.25) is 9.78 Å². The monoisotopic (exact) mass is 435 g/mol. The maximum Gasteiger partial charge on any atom is 2.00 e. The number of para-hydroxylation sites is 1. The molecule has 0 saturated carbocycles. The van der Waals surface area contributed by atoms with E-state index in [4.69, 9.17) is 4.74 Å². The van der Waals surface area contributed by atoms with E-state index in [1.807, 2.05) is 30.3 Å². The second kappa shape index (κ2) is 18.2. The van der Waals surface area contributed by atoms with E-state index in [9.17, 15) is 4.79 Å². The average molecular weight is 436 g/mol. The van der Waals surface area contributed by atoms with Crippen molar-refractivity contribution in [3.63, 3.8) is 0 Å². The molecule has 0 aliphatic carbocycles. The number of fused-ring (bicyclic) bond motifs is 1. The van der Waals surface area contributed by atoms with Crippen LogP contribution in [0.5, 0.6) is 5.75 Å². The number of hydrogen-bond donors (Lipinski definition) is 0. The van der Waals surface area contributed by atoms with Crippen LogP contribution in [0.25, 0.3) is 10.9 Å². The van der Waals surface area contributed by atoms with E-state index in [0.717, 1.165) is 23.7 Å². The fraction of sp³-hybridized carbons (Fsp3) is 0.556. The molecule has 2 rings (SSSR count). The van der Waals surface area contributed by atoms with Crippen molar-refractivity contribution in [2.45, 2.75) is 96.8 Å². The van der Waals surface area contributed by atoms with E-state index in [1.165, 1.54) is 70.6 Å². The molecular weight excluding hydrogens is 395 g/mol. The summed E-state index contributed by atoms with van der Waals surface area (Å²) in [5, 5.41) is 0.990. The topological polar surface area (TPSA) is 39.2 Å². The zero-order chi connectivity index (χ0) is 21.3. The standard InChI is InChI=1S/C27H39NO2.Mg.2H/c1-2-3-4-5-6-7-8-9-10-11-12-13-14-15-16-22-26(29)30-25-21-17-19-24-20-18-23-28-27(24)25;;;/h9-10,17-21,23H,2-8,11-16,22H2,1H3;;;/q;+2;2*-1/b10-9-;;;. The maximum absolute atomic E-state index is 12.1. The van der Waals surface area contributed by atoms with Crippen molar-refractivity contribution in [3.8, 4) is 5.75 Å². The molecule has 0 radical (unpaired) electrons. The number of unbranched alkanes of at least 4 members (excludes halogenated alkanes) is 11. The predicted octanol–water partition coefficient (Wildman–Crippen LogP) is 8.02. The van der Waals surface area contributed by atoms with Crippen LogP contribution >= 0.6 is 0 Å². The number of allylic oxidation sites excluding steroid dienone is 2. The normalized spacial score (nSPS) is 11.0. The Morgan fingerprint density at radius 2 is 1.48 bits per heavy atom. The smallest absolute Gasteiger partial charge is 1.00 e. The Kier molecular flexibility index (Phi) is 16.2. The molecule has 168 valence electrons. The van der Waals surface area contributed by atoms with Gasteiger partial charge < -0.3 is 7.59 Å². The SMILES string of the molecule is CCCCCCCC/C=C\CCCCCCCC(=O)Oc1cccc2cccnc12.[H-].[H-].[Mg+2]. The quantitative estimate of drug-likeness (QED) is 0.0880. The zero-order valence-electron chi connectivity index (χ0n) is 21.5. The number of hydrogen-bond acceptors (Lipinski definition) is 3. The Hall–Kier alpha value is -1.39. The Bertz CT molecular complexity index is 765. The van der Waals surface area contributed by atoms with Gasteiger partial charge >= 0.3 is 29.0 Å². The fourth-order valence-electron chi connectivity index (χ4n) is 3.67. The Balaban J connectivity index is 0. The number of rotatable bonds is 16. The molecule has 3 nitrogen and oxygen atoms in total. The summed E-state index contributed by atoms with van der Waals surface area (Å²) in [7, 11) is 0.